The number of nitrogens with zero attached hydrogens (tertiary/aromatic N) is 3. The van der Waals surface area contributed by atoms with Crippen LogP contribution in [0.4, 0.5) is 5.82 Å². The summed E-state index contributed by atoms with van der Waals surface area (Å²) in [5, 5.41) is 7.50. The molecule has 2 fully saturated rings. The van der Waals surface area contributed by atoms with E-state index in [-0.39, 0.29) is 5.41 Å². The van der Waals surface area contributed by atoms with Crippen molar-refractivity contribution in [3.8, 4) is 11.5 Å². The zero-order chi connectivity index (χ0) is 15.9. The number of hydrogen-bond donors (Lipinski definition) is 1. The van der Waals surface area contributed by atoms with Gasteiger partial charge >= 0.3 is 0 Å². The van der Waals surface area contributed by atoms with Gasteiger partial charge in [-0.2, -0.15) is 4.98 Å². The standard InChI is InChI=1S/C17H22N4O2/c1-3-22-14-10-13(17(14)7-5-8-17)20-15-12(6-4-9-18-15)16-19-11(2)21-23-16/h4,6,9,13-14H,3,5,7-8,10H2,1-2H3,(H,18,20)/t13-,14-/m0/s1. The molecule has 4 rings (SSSR count). The van der Waals surface area contributed by atoms with E-state index in [1.807, 2.05) is 19.1 Å². The van der Waals surface area contributed by atoms with E-state index in [1.165, 1.54) is 19.3 Å². The number of rotatable bonds is 5. The second-order valence-electron chi connectivity index (χ2n) is 6.51. The molecule has 0 bridgehead atoms. The number of nitrogens with one attached hydrogen (secondary N) is 1. The van der Waals surface area contributed by atoms with Crippen LogP contribution in [0.3, 0.4) is 0 Å². The van der Waals surface area contributed by atoms with Gasteiger partial charge in [-0.3, -0.25) is 0 Å². The molecule has 0 radical (unpaired) electrons. The Kier molecular flexibility index (Phi) is 3.56. The fraction of sp³-hybridized carbons (Fsp3) is 0.588. The summed E-state index contributed by atoms with van der Waals surface area (Å²) < 4.78 is 11.2. The number of aryl methyl sites for hydroxylation is 1. The molecule has 2 aromatic heterocycles. The second-order valence-corrected chi connectivity index (χ2v) is 6.51. The van der Waals surface area contributed by atoms with Gasteiger partial charge < -0.3 is 14.6 Å². The van der Waals surface area contributed by atoms with Crippen molar-refractivity contribution in [3.05, 3.63) is 24.2 Å². The summed E-state index contributed by atoms with van der Waals surface area (Å²) in [5.41, 5.74) is 1.15. The summed E-state index contributed by atoms with van der Waals surface area (Å²) in [4.78, 5) is 8.83. The van der Waals surface area contributed by atoms with Crippen LogP contribution in [0.1, 0.15) is 38.4 Å². The monoisotopic (exact) mass is 314 g/mol. The Labute approximate surface area is 135 Å². The molecule has 122 valence electrons. The first-order chi connectivity index (χ1) is 11.2. The van der Waals surface area contributed by atoms with Gasteiger partial charge in [-0.15, -0.1) is 0 Å². The van der Waals surface area contributed by atoms with Crippen molar-refractivity contribution >= 4 is 5.82 Å². The lowest BCUT2D eigenvalue weighted by Gasteiger charge is -2.61. The molecular weight excluding hydrogens is 292 g/mol. The van der Waals surface area contributed by atoms with Gasteiger partial charge in [0.2, 0.25) is 0 Å². The number of pyridine rings is 1. The fourth-order valence-corrected chi connectivity index (χ4v) is 3.91. The number of anilines is 1. The van der Waals surface area contributed by atoms with E-state index in [1.54, 1.807) is 6.20 Å². The van der Waals surface area contributed by atoms with Crippen molar-refractivity contribution in [1.29, 1.82) is 0 Å². The first-order valence-corrected chi connectivity index (χ1v) is 8.37. The molecule has 0 aromatic carbocycles. The predicted octanol–water partition coefficient (Wildman–Crippen LogP) is 3.20. The Morgan fingerprint density at radius 1 is 1.43 bits per heavy atom. The van der Waals surface area contributed by atoms with Crippen LogP contribution in [0.5, 0.6) is 0 Å². The highest BCUT2D eigenvalue weighted by molar-refractivity contribution is 5.69. The van der Waals surface area contributed by atoms with Crippen molar-refractivity contribution in [1.82, 2.24) is 15.1 Å². The van der Waals surface area contributed by atoms with Crippen LogP contribution in [0.2, 0.25) is 0 Å². The van der Waals surface area contributed by atoms with Crippen LogP contribution >= 0.6 is 0 Å². The summed E-state index contributed by atoms with van der Waals surface area (Å²) in [6, 6.07) is 4.27. The van der Waals surface area contributed by atoms with Gasteiger partial charge in [0.05, 0.1) is 11.7 Å². The zero-order valence-corrected chi connectivity index (χ0v) is 13.6. The van der Waals surface area contributed by atoms with Gasteiger partial charge in [0.25, 0.3) is 5.89 Å². The van der Waals surface area contributed by atoms with E-state index >= 15 is 0 Å². The predicted molar refractivity (Wildman–Crippen MR) is 86.0 cm³/mol. The van der Waals surface area contributed by atoms with Gasteiger partial charge in [-0.05, 0) is 45.2 Å². The summed E-state index contributed by atoms with van der Waals surface area (Å²) in [7, 11) is 0. The third-order valence-electron chi connectivity index (χ3n) is 5.31. The molecule has 6 nitrogen and oxygen atoms in total. The van der Waals surface area contributed by atoms with Crippen molar-refractivity contribution in [2.45, 2.75) is 51.7 Å². The van der Waals surface area contributed by atoms with Crippen molar-refractivity contribution in [2.75, 3.05) is 11.9 Å². The molecule has 2 heterocycles. The van der Waals surface area contributed by atoms with E-state index in [2.05, 4.69) is 27.4 Å². The minimum Gasteiger partial charge on any atom is -0.378 e. The molecule has 0 saturated heterocycles. The average molecular weight is 314 g/mol. The molecule has 2 saturated carbocycles. The Balaban J connectivity index is 1.56. The summed E-state index contributed by atoms with van der Waals surface area (Å²) in [5.74, 6) is 1.97. The van der Waals surface area contributed by atoms with Crippen LogP contribution < -0.4 is 5.32 Å². The van der Waals surface area contributed by atoms with Crippen LogP contribution in [0, 0.1) is 12.3 Å². The molecule has 23 heavy (non-hydrogen) atoms. The normalized spacial score (nSPS) is 25.0. The van der Waals surface area contributed by atoms with Crippen molar-refractivity contribution in [2.24, 2.45) is 5.41 Å². The largest absolute Gasteiger partial charge is 0.378 e. The van der Waals surface area contributed by atoms with Crippen molar-refractivity contribution in [3.63, 3.8) is 0 Å². The molecule has 2 atom stereocenters. The second kappa shape index (κ2) is 5.60. The fourth-order valence-electron chi connectivity index (χ4n) is 3.91. The Bertz CT molecular complexity index is 695. The average Bonchev–Trinajstić information content (AvgIpc) is 2.91. The van der Waals surface area contributed by atoms with Crippen LogP contribution in [-0.2, 0) is 4.74 Å². The Morgan fingerprint density at radius 3 is 2.96 bits per heavy atom. The van der Waals surface area contributed by atoms with Gasteiger partial charge in [0.1, 0.15) is 5.82 Å². The smallest absolute Gasteiger partial charge is 0.261 e. The quantitative estimate of drug-likeness (QED) is 0.913. The molecular formula is C17H22N4O2. The summed E-state index contributed by atoms with van der Waals surface area (Å²) in [6.07, 6.45) is 6.97. The van der Waals surface area contributed by atoms with Crippen LogP contribution in [0.25, 0.3) is 11.5 Å². The molecule has 0 unspecified atom stereocenters. The third kappa shape index (κ3) is 2.32. The van der Waals surface area contributed by atoms with Gasteiger partial charge in [-0.25, -0.2) is 4.98 Å². The molecule has 2 aromatic rings. The van der Waals surface area contributed by atoms with E-state index in [9.17, 15) is 0 Å². The lowest BCUT2D eigenvalue weighted by Crippen LogP contribution is -2.64. The molecule has 0 aliphatic heterocycles. The minimum atomic E-state index is 0.287. The lowest BCUT2D eigenvalue weighted by atomic mass is 9.51. The van der Waals surface area contributed by atoms with Gasteiger partial charge in [0, 0.05) is 24.3 Å². The summed E-state index contributed by atoms with van der Waals surface area (Å²) in [6.45, 7) is 4.68. The van der Waals surface area contributed by atoms with Gasteiger partial charge in [0.15, 0.2) is 5.82 Å². The minimum absolute atomic E-state index is 0.287. The molecule has 1 spiro atoms. The van der Waals surface area contributed by atoms with Gasteiger partial charge in [-0.1, -0.05) is 11.6 Å². The Hall–Kier alpha value is -1.95. The van der Waals surface area contributed by atoms with Crippen LogP contribution in [0.15, 0.2) is 22.9 Å². The molecule has 2 aliphatic rings. The van der Waals surface area contributed by atoms with Crippen LogP contribution in [-0.4, -0.2) is 33.9 Å². The molecule has 0 amide bonds. The van der Waals surface area contributed by atoms with E-state index in [4.69, 9.17) is 9.26 Å². The molecule has 2 aliphatic carbocycles. The number of aromatic nitrogens is 3. The van der Waals surface area contributed by atoms with Crippen molar-refractivity contribution < 1.29 is 9.26 Å². The molecule has 6 heteroatoms. The highest BCUT2D eigenvalue weighted by Crippen LogP contribution is 2.58. The topological polar surface area (TPSA) is 73.1 Å². The lowest BCUT2D eigenvalue weighted by molar-refractivity contribution is -0.157. The highest BCUT2D eigenvalue weighted by Gasteiger charge is 2.59. The third-order valence-corrected chi connectivity index (χ3v) is 5.31. The zero-order valence-electron chi connectivity index (χ0n) is 13.6. The van der Waals surface area contributed by atoms with E-state index in [0.29, 0.717) is 23.9 Å². The maximum atomic E-state index is 5.92. The first kappa shape index (κ1) is 14.6. The van der Waals surface area contributed by atoms with E-state index in [0.717, 1.165) is 24.4 Å². The van der Waals surface area contributed by atoms with E-state index < -0.39 is 0 Å². The Morgan fingerprint density at radius 2 is 2.30 bits per heavy atom. The maximum absolute atomic E-state index is 5.92. The SMILES string of the molecule is CCO[C@H]1C[C@H](Nc2ncccc2-c2nc(C)no2)C12CCC2. The number of ether oxygens (including phenoxy) is 1. The maximum Gasteiger partial charge on any atom is 0.261 e. The highest BCUT2D eigenvalue weighted by atomic mass is 16.5. The first-order valence-electron chi connectivity index (χ1n) is 8.37. The summed E-state index contributed by atoms with van der Waals surface area (Å²) >= 11 is 0. The molecule has 1 N–H and O–H groups in total. The number of hydrogen-bond acceptors (Lipinski definition) is 6.